The van der Waals surface area contributed by atoms with Gasteiger partial charge < -0.3 is 5.32 Å². The molecule has 0 unspecified atom stereocenters. The first-order valence-corrected chi connectivity index (χ1v) is 9.92. The molecule has 1 aromatic heterocycles. The number of benzene rings is 1. The Kier molecular flexibility index (Phi) is 5.34. The van der Waals surface area contributed by atoms with Gasteiger partial charge in [-0.15, -0.1) is 0 Å². The summed E-state index contributed by atoms with van der Waals surface area (Å²) in [6.07, 6.45) is 7.98. The number of aromatic nitrogens is 2. The van der Waals surface area contributed by atoms with Crippen LogP contribution >= 0.6 is 0 Å². The van der Waals surface area contributed by atoms with Gasteiger partial charge in [-0.05, 0) is 37.5 Å². The summed E-state index contributed by atoms with van der Waals surface area (Å²) in [7, 11) is 0. The average molecular weight is 352 g/mol. The molecule has 2 heterocycles. The average Bonchev–Trinajstić information content (AvgIpc) is 2.97. The second-order valence-electron chi connectivity index (χ2n) is 7.51. The SMILES string of the molecule is O=C(NCc1cc2n(n1)CCCN(C1CCCCC1)C2)c1ccccc1. The Balaban J connectivity index is 1.39. The first kappa shape index (κ1) is 17.3. The summed E-state index contributed by atoms with van der Waals surface area (Å²) < 4.78 is 2.15. The van der Waals surface area contributed by atoms with E-state index in [2.05, 4.69) is 21.0 Å². The fourth-order valence-corrected chi connectivity index (χ4v) is 4.25. The maximum Gasteiger partial charge on any atom is 0.251 e. The predicted octanol–water partition coefficient (Wildman–Crippen LogP) is 3.35. The fourth-order valence-electron chi connectivity index (χ4n) is 4.25. The highest BCUT2D eigenvalue weighted by Crippen LogP contribution is 2.26. The number of hydrogen-bond acceptors (Lipinski definition) is 3. The highest BCUT2D eigenvalue weighted by atomic mass is 16.1. The molecule has 138 valence electrons. The second kappa shape index (κ2) is 8.04. The lowest BCUT2D eigenvalue weighted by Crippen LogP contribution is -2.36. The normalized spacial score (nSPS) is 18.9. The van der Waals surface area contributed by atoms with Crippen LogP contribution in [0.4, 0.5) is 0 Å². The third-order valence-electron chi connectivity index (χ3n) is 5.65. The number of nitrogens with zero attached hydrogens (tertiary/aromatic N) is 3. The molecule has 0 bridgehead atoms. The van der Waals surface area contributed by atoms with Gasteiger partial charge in [0.25, 0.3) is 5.91 Å². The summed E-state index contributed by atoms with van der Waals surface area (Å²) in [4.78, 5) is 14.9. The van der Waals surface area contributed by atoms with Crippen LogP contribution in [0.15, 0.2) is 36.4 Å². The third kappa shape index (κ3) is 3.98. The lowest BCUT2D eigenvalue weighted by atomic mass is 9.94. The van der Waals surface area contributed by atoms with Crippen LogP contribution in [-0.4, -0.2) is 33.2 Å². The number of nitrogens with one attached hydrogen (secondary N) is 1. The molecule has 0 atom stereocenters. The van der Waals surface area contributed by atoms with E-state index in [1.165, 1.54) is 44.3 Å². The molecule has 5 heteroatoms. The molecule has 1 saturated carbocycles. The van der Waals surface area contributed by atoms with E-state index in [-0.39, 0.29) is 5.91 Å². The molecule has 1 aliphatic carbocycles. The van der Waals surface area contributed by atoms with Crippen LogP contribution in [0.1, 0.15) is 60.3 Å². The molecule has 1 fully saturated rings. The van der Waals surface area contributed by atoms with Gasteiger partial charge in [-0.2, -0.15) is 5.10 Å². The minimum atomic E-state index is -0.0439. The summed E-state index contributed by atoms with van der Waals surface area (Å²) in [5, 5.41) is 7.72. The number of fused-ring (bicyclic) bond motifs is 1. The summed E-state index contributed by atoms with van der Waals surface area (Å²) in [6.45, 7) is 3.63. The molecule has 1 amide bonds. The predicted molar refractivity (Wildman–Crippen MR) is 102 cm³/mol. The van der Waals surface area contributed by atoms with Gasteiger partial charge in [-0.25, -0.2) is 0 Å². The number of amides is 1. The van der Waals surface area contributed by atoms with Gasteiger partial charge in [0.05, 0.1) is 17.9 Å². The van der Waals surface area contributed by atoms with Crippen molar-refractivity contribution >= 4 is 5.91 Å². The Bertz CT molecular complexity index is 734. The number of rotatable bonds is 4. The third-order valence-corrected chi connectivity index (χ3v) is 5.65. The van der Waals surface area contributed by atoms with E-state index in [9.17, 15) is 4.79 Å². The van der Waals surface area contributed by atoms with Crippen molar-refractivity contribution in [2.24, 2.45) is 0 Å². The van der Waals surface area contributed by atoms with Crippen molar-refractivity contribution in [1.82, 2.24) is 20.0 Å². The summed E-state index contributed by atoms with van der Waals surface area (Å²) in [6, 6.07) is 12.3. The van der Waals surface area contributed by atoms with Gasteiger partial charge in [0, 0.05) is 31.2 Å². The van der Waals surface area contributed by atoms with Crippen LogP contribution < -0.4 is 5.32 Å². The van der Waals surface area contributed by atoms with Crippen LogP contribution in [0.3, 0.4) is 0 Å². The van der Waals surface area contributed by atoms with Crippen LogP contribution in [0.2, 0.25) is 0 Å². The zero-order valence-corrected chi connectivity index (χ0v) is 15.4. The topological polar surface area (TPSA) is 50.2 Å². The fraction of sp³-hybridized carbons (Fsp3) is 0.524. The molecule has 0 radical (unpaired) electrons. The van der Waals surface area contributed by atoms with E-state index in [0.29, 0.717) is 12.1 Å². The van der Waals surface area contributed by atoms with E-state index in [1.807, 2.05) is 30.3 Å². The van der Waals surface area contributed by atoms with Crippen molar-refractivity contribution in [2.75, 3.05) is 6.54 Å². The number of carbonyl (C=O) groups is 1. The Morgan fingerprint density at radius 3 is 2.69 bits per heavy atom. The molecule has 5 nitrogen and oxygen atoms in total. The molecule has 1 aliphatic heterocycles. The number of aryl methyl sites for hydroxylation is 1. The molecular weight excluding hydrogens is 324 g/mol. The van der Waals surface area contributed by atoms with Crippen molar-refractivity contribution in [3.8, 4) is 0 Å². The largest absolute Gasteiger partial charge is 0.346 e. The van der Waals surface area contributed by atoms with Gasteiger partial charge in [0.2, 0.25) is 0 Å². The van der Waals surface area contributed by atoms with Crippen LogP contribution in [0.5, 0.6) is 0 Å². The monoisotopic (exact) mass is 352 g/mol. The minimum absolute atomic E-state index is 0.0439. The van der Waals surface area contributed by atoms with Crippen molar-refractivity contribution in [3.63, 3.8) is 0 Å². The molecule has 4 rings (SSSR count). The number of hydrogen-bond donors (Lipinski definition) is 1. The Labute approximate surface area is 155 Å². The zero-order valence-electron chi connectivity index (χ0n) is 15.4. The van der Waals surface area contributed by atoms with E-state index in [1.54, 1.807) is 0 Å². The maximum absolute atomic E-state index is 12.2. The second-order valence-corrected chi connectivity index (χ2v) is 7.51. The van der Waals surface area contributed by atoms with Crippen molar-refractivity contribution in [2.45, 2.75) is 64.2 Å². The lowest BCUT2D eigenvalue weighted by molar-refractivity contribution is 0.0950. The summed E-state index contributed by atoms with van der Waals surface area (Å²) >= 11 is 0. The van der Waals surface area contributed by atoms with Gasteiger partial charge in [-0.1, -0.05) is 37.5 Å². The zero-order chi connectivity index (χ0) is 17.8. The molecule has 2 aromatic rings. The van der Waals surface area contributed by atoms with Crippen LogP contribution in [0, 0.1) is 0 Å². The molecule has 26 heavy (non-hydrogen) atoms. The quantitative estimate of drug-likeness (QED) is 0.918. The van der Waals surface area contributed by atoms with E-state index >= 15 is 0 Å². The van der Waals surface area contributed by atoms with Gasteiger partial charge in [0.15, 0.2) is 0 Å². The highest BCUT2D eigenvalue weighted by Gasteiger charge is 2.24. The van der Waals surface area contributed by atoms with Crippen molar-refractivity contribution in [3.05, 3.63) is 53.3 Å². The molecule has 0 saturated heterocycles. The molecule has 0 spiro atoms. The van der Waals surface area contributed by atoms with Gasteiger partial charge >= 0.3 is 0 Å². The Morgan fingerprint density at radius 1 is 1.08 bits per heavy atom. The van der Waals surface area contributed by atoms with E-state index in [0.717, 1.165) is 31.2 Å². The lowest BCUT2D eigenvalue weighted by Gasteiger charge is -2.33. The molecule has 1 N–H and O–H groups in total. The van der Waals surface area contributed by atoms with Crippen molar-refractivity contribution in [1.29, 1.82) is 0 Å². The highest BCUT2D eigenvalue weighted by molar-refractivity contribution is 5.94. The smallest absolute Gasteiger partial charge is 0.251 e. The van der Waals surface area contributed by atoms with E-state index < -0.39 is 0 Å². The Hall–Kier alpha value is -2.14. The number of carbonyl (C=O) groups excluding carboxylic acids is 1. The van der Waals surface area contributed by atoms with Crippen LogP contribution in [-0.2, 0) is 19.6 Å². The van der Waals surface area contributed by atoms with Crippen molar-refractivity contribution < 1.29 is 4.79 Å². The first-order chi connectivity index (χ1) is 12.8. The summed E-state index contributed by atoms with van der Waals surface area (Å²) in [5.41, 5.74) is 2.93. The van der Waals surface area contributed by atoms with Gasteiger partial charge in [0.1, 0.15) is 0 Å². The standard InChI is InChI=1S/C21H28N4O/c26-21(17-8-3-1-4-9-17)22-15-18-14-20-16-24(12-7-13-25(20)23-18)19-10-5-2-6-11-19/h1,3-4,8-9,14,19H,2,5-7,10-13,15-16H2,(H,22,26). The van der Waals surface area contributed by atoms with Gasteiger partial charge in [-0.3, -0.25) is 14.4 Å². The Morgan fingerprint density at radius 2 is 1.88 bits per heavy atom. The molecule has 1 aromatic carbocycles. The summed E-state index contributed by atoms with van der Waals surface area (Å²) in [5.74, 6) is -0.0439. The molecular formula is C21H28N4O. The van der Waals surface area contributed by atoms with Crippen LogP contribution in [0.25, 0.3) is 0 Å². The molecule has 2 aliphatic rings. The first-order valence-electron chi connectivity index (χ1n) is 9.92. The minimum Gasteiger partial charge on any atom is -0.346 e. The maximum atomic E-state index is 12.2. The van der Waals surface area contributed by atoms with E-state index in [4.69, 9.17) is 5.10 Å².